The first-order valence-electron chi connectivity index (χ1n) is 4.40. The molecular formula is C11H14ClNO. The third-order valence-electron chi connectivity index (χ3n) is 1.90. The van der Waals surface area contributed by atoms with Crippen LogP contribution < -0.4 is 10.1 Å². The first kappa shape index (κ1) is 10.9. The highest BCUT2D eigenvalue weighted by atomic mass is 35.5. The maximum absolute atomic E-state index is 5.88. The zero-order valence-electron chi connectivity index (χ0n) is 8.38. The molecule has 3 heteroatoms. The average molecular weight is 212 g/mol. The van der Waals surface area contributed by atoms with E-state index in [1.807, 2.05) is 25.1 Å². The van der Waals surface area contributed by atoms with Gasteiger partial charge in [0.25, 0.3) is 0 Å². The van der Waals surface area contributed by atoms with Crippen molar-refractivity contribution in [3.63, 3.8) is 0 Å². The minimum Gasteiger partial charge on any atom is -0.495 e. The minimum absolute atomic E-state index is 0.183. The standard InChI is InChI=1S/C11H14ClNO/c1-4-8(2)13-10-7-9(12)5-6-11(10)14-3/h4-8,13H,1H2,2-3H3. The van der Waals surface area contributed by atoms with Crippen LogP contribution in [0.2, 0.25) is 5.02 Å². The molecule has 2 nitrogen and oxygen atoms in total. The summed E-state index contributed by atoms with van der Waals surface area (Å²) in [5.74, 6) is 0.781. The molecule has 1 aromatic rings. The van der Waals surface area contributed by atoms with E-state index in [0.717, 1.165) is 11.4 Å². The van der Waals surface area contributed by atoms with E-state index in [2.05, 4.69) is 11.9 Å². The van der Waals surface area contributed by atoms with Gasteiger partial charge in [0.15, 0.2) is 0 Å². The van der Waals surface area contributed by atoms with E-state index >= 15 is 0 Å². The van der Waals surface area contributed by atoms with Gasteiger partial charge in [-0.2, -0.15) is 0 Å². The molecule has 0 aromatic heterocycles. The van der Waals surface area contributed by atoms with Crippen LogP contribution in [0, 0.1) is 0 Å². The predicted molar refractivity (Wildman–Crippen MR) is 61.3 cm³/mol. The predicted octanol–water partition coefficient (Wildman–Crippen LogP) is 3.34. The van der Waals surface area contributed by atoms with Crippen molar-refractivity contribution in [2.45, 2.75) is 13.0 Å². The maximum atomic E-state index is 5.88. The van der Waals surface area contributed by atoms with Crippen molar-refractivity contribution >= 4 is 17.3 Å². The Morgan fingerprint density at radius 3 is 2.86 bits per heavy atom. The molecule has 0 heterocycles. The van der Waals surface area contributed by atoms with Crippen molar-refractivity contribution in [1.82, 2.24) is 0 Å². The van der Waals surface area contributed by atoms with Crippen LogP contribution >= 0.6 is 11.6 Å². The molecule has 76 valence electrons. The Morgan fingerprint density at radius 2 is 2.29 bits per heavy atom. The van der Waals surface area contributed by atoms with Crippen molar-refractivity contribution in [2.75, 3.05) is 12.4 Å². The smallest absolute Gasteiger partial charge is 0.142 e. The second-order valence-corrected chi connectivity index (χ2v) is 3.45. The van der Waals surface area contributed by atoms with E-state index in [1.165, 1.54) is 0 Å². The number of benzene rings is 1. The van der Waals surface area contributed by atoms with Crippen molar-refractivity contribution in [3.05, 3.63) is 35.9 Å². The van der Waals surface area contributed by atoms with Gasteiger partial charge < -0.3 is 10.1 Å². The van der Waals surface area contributed by atoms with Crippen molar-refractivity contribution in [2.24, 2.45) is 0 Å². The summed E-state index contributed by atoms with van der Waals surface area (Å²) in [6.45, 7) is 5.71. The zero-order valence-corrected chi connectivity index (χ0v) is 9.14. The van der Waals surface area contributed by atoms with E-state index in [1.54, 1.807) is 13.2 Å². The van der Waals surface area contributed by atoms with Gasteiger partial charge in [-0.25, -0.2) is 0 Å². The van der Waals surface area contributed by atoms with Crippen LogP contribution in [0.25, 0.3) is 0 Å². The number of hydrogen-bond acceptors (Lipinski definition) is 2. The fourth-order valence-electron chi connectivity index (χ4n) is 1.10. The van der Waals surface area contributed by atoms with E-state index < -0.39 is 0 Å². The summed E-state index contributed by atoms with van der Waals surface area (Å²) in [7, 11) is 1.63. The number of halogens is 1. The molecule has 0 spiro atoms. The van der Waals surface area contributed by atoms with Crippen LogP contribution in [-0.2, 0) is 0 Å². The minimum atomic E-state index is 0.183. The molecule has 14 heavy (non-hydrogen) atoms. The Hall–Kier alpha value is -1.15. The first-order valence-corrected chi connectivity index (χ1v) is 4.77. The zero-order chi connectivity index (χ0) is 10.6. The van der Waals surface area contributed by atoms with Crippen LogP contribution in [0.5, 0.6) is 5.75 Å². The summed E-state index contributed by atoms with van der Waals surface area (Å²) in [5, 5.41) is 3.91. The Morgan fingerprint density at radius 1 is 1.57 bits per heavy atom. The van der Waals surface area contributed by atoms with Crippen molar-refractivity contribution in [1.29, 1.82) is 0 Å². The summed E-state index contributed by atoms with van der Waals surface area (Å²) < 4.78 is 5.19. The molecule has 0 aliphatic heterocycles. The summed E-state index contributed by atoms with van der Waals surface area (Å²) in [5.41, 5.74) is 0.882. The van der Waals surface area contributed by atoms with Crippen LogP contribution in [0.1, 0.15) is 6.92 Å². The van der Waals surface area contributed by atoms with Crippen LogP contribution in [0.15, 0.2) is 30.9 Å². The highest BCUT2D eigenvalue weighted by Gasteiger charge is 2.04. The third-order valence-corrected chi connectivity index (χ3v) is 2.13. The molecule has 0 saturated heterocycles. The summed E-state index contributed by atoms with van der Waals surface area (Å²) in [4.78, 5) is 0. The maximum Gasteiger partial charge on any atom is 0.142 e. The highest BCUT2D eigenvalue weighted by Crippen LogP contribution is 2.28. The van der Waals surface area contributed by atoms with Gasteiger partial charge in [-0.05, 0) is 25.1 Å². The normalized spacial score (nSPS) is 11.9. The summed E-state index contributed by atoms with van der Waals surface area (Å²) in [6.07, 6.45) is 1.82. The van der Waals surface area contributed by atoms with E-state index in [0.29, 0.717) is 5.02 Å². The number of nitrogens with one attached hydrogen (secondary N) is 1. The molecule has 0 saturated carbocycles. The number of hydrogen-bond donors (Lipinski definition) is 1. The van der Waals surface area contributed by atoms with Gasteiger partial charge in [0.1, 0.15) is 5.75 Å². The van der Waals surface area contributed by atoms with Crippen LogP contribution in [-0.4, -0.2) is 13.2 Å². The molecule has 1 unspecified atom stereocenters. The van der Waals surface area contributed by atoms with Gasteiger partial charge in [0.2, 0.25) is 0 Å². The van der Waals surface area contributed by atoms with Gasteiger partial charge in [0, 0.05) is 11.1 Å². The second kappa shape index (κ2) is 4.91. The molecule has 0 aliphatic rings. The van der Waals surface area contributed by atoms with Gasteiger partial charge in [-0.1, -0.05) is 17.7 Å². The SMILES string of the molecule is C=CC(C)Nc1cc(Cl)ccc1OC. The molecule has 1 aromatic carbocycles. The molecule has 0 fully saturated rings. The highest BCUT2D eigenvalue weighted by molar-refractivity contribution is 6.30. The fraction of sp³-hybridized carbons (Fsp3) is 0.273. The third kappa shape index (κ3) is 2.67. The van der Waals surface area contributed by atoms with Crippen molar-refractivity contribution < 1.29 is 4.74 Å². The number of rotatable bonds is 4. The number of methoxy groups -OCH3 is 1. The Bertz CT molecular complexity index is 325. The molecule has 1 atom stereocenters. The van der Waals surface area contributed by atoms with Crippen molar-refractivity contribution in [3.8, 4) is 5.75 Å². The lowest BCUT2D eigenvalue weighted by molar-refractivity contribution is 0.416. The molecular weight excluding hydrogens is 198 g/mol. The van der Waals surface area contributed by atoms with E-state index in [9.17, 15) is 0 Å². The summed E-state index contributed by atoms with van der Waals surface area (Å²) >= 11 is 5.88. The molecule has 0 amide bonds. The summed E-state index contributed by atoms with van der Waals surface area (Å²) in [6, 6.07) is 5.65. The Kier molecular flexibility index (Phi) is 3.84. The van der Waals surface area contributed by atoms with Gasteiger partial charge in [0.05, 0.1) is 12.8 Å². The lowest BCUT2D eigenvalue weighted by atomic mass is 10.2. The van der Waals surface area contributed by atoms with Gasteiger partial charge in [-0.3, -0.25) is 0 Å². The lowest BCUT2D eigenvalue weighted by Crippen LogP contribution is -2.11. The van der Waals surface area contributed by atoms with Gasteiger partial charge >= 0.3 is 0 Å². The number of anilines is 1. The van der Waals surface area contributed by atoms with Crippen LogP contribution in [0.4, 0.5) is 5.69 Å². The first-order chi connectivity index (χ1) is 6.67. The largest absolute Gasteiger partial charge is 0.495 e. The van der Waals surface area contributed by atoms with Gasteiger partial charge in [-0.15, -0.1) is 6.58 Å². The number of ether oxygens (including phenoxy) is 1. The quantitative estimate of drug-likeness (QED) is 0.772. The Balaban J connectivity index is 2.92. The molecule has 1 N–H and O–H groups in total. The molecule has 0 radical (unpaired) electrons. The molecule has 0 bridgehead atoms. The molecule has 0 aliphatic carbocycles. The molecule has 1 rings (SSSR count). The Labute approximate surface area is 89.5 Å². The fourth-order valence-corrected chi connectivity index (χ4v) is 1.27. The van der Waals surface area contributed by atoms with Crippen LogP contribution in [0.3, 0.4) is 0 Å². The van der Waals surface area contributed by atoms with E-state index in [-0.39, 0.29) is 6.04 Å². The monoisotopic (exact) mass is 211 g/mol. The van der Waals surface area contributed by atoms with E-state index in [4.69, 9.17) is 16.3 Å². The topological polar surface area (TPSA) is 21.3 Å². The lowest BCUT2D eigenvalue weighted by Gasteiger charge is -2.14. The average Bonchev–Trinajstić information content (AvgIpc) is 2.18. The second-order valence-electron chi connectivity index (χ2n) is 3.01.